The molecule has 100 valence electrons. The van der Waals surface area contributed by atoms with Gasteiger partial charge in [-0.05, 0) is 37.3 Å². The SMILES string of the molecule is CCCc1ccc(C(C)N2CCC(N)CC2)cc1. The van der Waals surface area contributed by atoms with Gasteiger partial charge in [0.2, 0.25) is 0 Å². The van der Waals surface area contributed by atoms with Gasteiger partial charge in [0.05, 0.1) is 0 Å². The molecular weight excluding hydrogens is 220 g/mol. The number of rotatable bonds is 4. The molecule has 1 atom stereocenters. The molecule has 0 aromatic heterocycles. The molecule has 18 heavy (non-hydrogen) atoms. The summed E-state index contributed by atoms with van der Waals surface area (Å²) < 4.78 is 0. The number of hydrogen-bond donors (Lipinski definition) is 1. The fourth-order valence-electron chi connectivity index (χ4n) is 2.77. The first-order valence-corrected chi connectivity index (χ1v) is 7.29. The van der Waals surface area contributed by atoms with Gasteiger partial charge in [-0.1, -0.05) is 37.6 Å². The number of hydrogen-bond acceptors (Lipinski definition) is 2. The minimum absolute atomic E-state index is 0.417. The summed E-state index contributed by atoms with van der Waals surface area (Å²) in [5, 5.41) is 0. The molecule has 0 spiro atoms. The van der Waals surface area contributed by atoms with E-state index in [4.69, 9.17) is 5.73 Å². The van der Waals surface area contributed by atoms with Crippen LogP contribution in [-0.4, -0.2) is 24.0 Å². The zero-order chi connectivity index (χ0) is 13.0. The summed E-state index contributed by atoms with van der Waals surface area (Å²) in [7, 11) is 0. The number of piperidine rings is 1. The molecule has 1 aromatic carbocycles. The third-order valence-corrected chi connectivity index (χ3v) is 4.12. The molecule has 0 radical (unpaired) electrons. The third-order valence-electron chi connectivity index (χ3n) is 4.12. The zero-order valence-electron chi connectivity index (χ0n) is 11.7. The molecule has 0 aliphatic carbocycles. The van der Waals surface area contributed by atoms with E-state index in [-0.39, 0.29) is 0 Å². The van der Waals surface area contributed by atoms with Crippen LogP contribution in [0.25, 0.3) is 0 Å². The highest BCUT2D eigenvalue weighted by Crippen LogP contribution is 2.24. The van der Waals surface area contributed by atoms with Gasteiger partial charge in [-0.3, -0.25) is 4.90 Å². The van der Waals surface area contributed by atoms with Gasteiger partial charge in [0, 0.05) is 25.2 Å². The number of benzene rings is 1. The molecule has 1 aliphatic rings. The van der Waals surface area contributed by atoms with Gasteiger partial charge in [0.1, 0.15) is 0 Å². The maximum atomic E-state index is 5.96. The number of likely N-dealkylation sites (tertiary alicyclic amines) is 1. The van der Waals surface area contributed by atoms with Crippen LogP contribution in [0.5, 0.6) is 0 Å². The lowest BCUT2D eigenvalue weighted by atomic mass is 9.99. The second kappa shape index (κ2) is 6.35. The molecule has 1 aliphatic heterocycles. The van der Waals surface area contributed by atoms with E-state index < -0.39 is 0 Å². The first kappa shape index (κ1) is 13.6. The van der Waals surface area contributed by atoms with Gasteiger partial charge in [0.15, 0.2) is 0 Å². The van der Waals surface area contributed by atoms with E-state index in [0.29, 0.717) is 12.1 Å². The van der Waals surface area contributed by atoms with Crippen LogP contribution in [0.2, 0.25) is 0 Å². The van der Waals surface area contributed by atoms with Crippen LogP contribution >= 0.6 is 0 Å². The minimum Gasteiger partial charge on any atom is -0.328 e. The van der Waals surface area contributed by atoms with E-state index in [0.717, 1.165) is 25.9 Å². The van der Waals surface area contributed by atoms with Gasteiger partial charge >= 0.3 is 0 Å². The Morgan fingerprint density at radius 2 is 1.83 bits per heavy atom. The first-order chi connectivity index (χ1) is 8.70. The zero-order valence-corrected chi connectivity index (χ0v) is 11.7. The van der Waals surface area contributed by atoms with Gasteiger partial charge in [-0.25, -0.2) is 0 Å². The van der Waals surface area contributed by atoms with Crippen LogP contribution < -0.4 is 5.73 Å². The van der Waals surface area contributed by atoms with Crippen LogP contribution in [0.1, 0.15) is 50.3 Å². The highest BCUT2D eigenvalue weighted by Gasteiger charge is 2.21. The predicted molar refractivity (Wildman–Crippen MR) is 77.6 cm³/mol. The van der Waals surface area contributed by atoms with Gasteiger partial charge in [-0.2, -0.15) is 0 Å². The average molecular weight is 246 g/mol. The molecule has 1 heterocycles. The number of nitrogens with two attached hydrogens (primary N) is 1. The van der Waals surface area contributed by atoms with Crippen LogP contribution in [0.4, 0.5) is 0 Å². The Balaban J connectivity index is 1.97. The quantitative estimate of drug-likeness (QED) is 0.884. The van der Waals surface area contributed by atoms with E-state index >= 15 is 0 Å². The molecule has 2 N–H and O–H groups in total. The van der Waals surface area contributed by atoms with E-state index in [2.05, 4.69) is 43.0 Å². The first-order valence-electron chi connectivity index (χ1n) is 7.29. The smallest absolute Gasteiger partial charge is 0.0319 e. The summed E-state index contributed by atoms with van der Waals surface area (Å²) in [6.07, 6.45) is 4.68. The summed E-state index contributed by atoms with van der Waals surface area (Å²) in [6.45, 7) is 6.82. The van der Waals surface area contributed by atoms with Crippen molar-refractivity contribution in [3.8, 4) is 0 Å². The second-order valence-electron chi connectivity index (χ2n) is 5.54. The number of nitrogens with zero attached hydrogens (tertiary/aromatic N) is 1. The topological polar surface area (TPSA) is 29.3 Å². The molecule has 0 amide bonds. The van der Waals surface area contributed by atoms with E-state index in [1.807, 2.05) is 0 Å². The van der Waals surface area contributed by atoms with E-state index in [1.54, 1.807) is 0 Å². The lowest BCUT2D eigenvalue weighted by Crippen LogP contribution is -2.40. The molecule has 2 nitrogen and oxygen atoms in total. The molecule has 1 saturated heterocycles. The molecule has 2 heteroatoms. The molecule has 0 bridgehead atoms. The molecule has 1 fully saturated rings. The van der Waals surface area contributed by atoms with Crippen molar-refractivity contribution in [1.82, 2.24) is 4.90 Å². The van der Waals surface area contributed by atoms with Crippen LogP contribution in [0, 0.1) is 0 Å². The molecule has 1 aromatic rings. The average Bonchev–Trinajstić information content (AvgIpc) is 2.40. The minimum atomic E-state index is 0.417. The summed E-state index contributed by atoms with van der Waals surface area (Å²) in [5.41, 5.74) is 8.85. The van der Waals surface area contributed by atoms with Gasteiger partial charge < -0.3 is 5.73 Å². The van der Waals surface area contributed by atoms with Crippen molar-refractivity contribution in [3.05, 3.63) is 35.4 Å². The molecule has 2 rings (SSSR count). The molecule has 0 saturated carbocycles. The van der Waals surface area contributed by atoms with Crippen molar-refractivity contribution in [2.24, 2.45) is 5.73 Å². The number of aryl methyl sites for hydroxylation is 1. The Kier molecular flexibility index (Phi) is 4.79. The largest absolute Gasteiger partial charge is 0.328 e. The standard InChI is InChI=1S/C16H26N2/c1-3-4-14-5-7-15(8-6-14)13(2)18-11-9-16(17)10-12-18/h5-8,13,16H,3-4,9-12,17H2,1-2H3. The molecular formula is C16H26N2. The van der Waals surface area contributed by atoms with Crippen molar-refractivity contribution in [2.75, 3.05) is 13.1 Å². The van der Waals surface area contributed by atoms with Gasteiger partial charge in [0.25, 0.3) is 0 Å². The van der Waals surface area contributed by atoms with E-state index in [9.17, 15) is 0 Å². The predicted octanol–water partition coefficient (Wildman–Crippen LogP) is 3.12. The van der Waals surface area contributed by atoms with Crippen molar-refractivity contribution in [1.29, 1.82) is 0 Å². The summed E-state index contributed by atoms with van der Waals surface area (Å²) in [6, 6.07) is 10.1. The Morgan fingerprint density at radius 3 is 2.39 bits per heavy atom. The fraction of sp³-hybridized carbons (Fsp3) is 0.625. The van der Waals surface area contributed by atoms with Crippen molar-refractivity contribution in [2.45, 2.75) is 51.6 Å². The molecule has 1 unspecified atom stereocenters. The Hall–Kier alpha value is -0.860. The monoisotopic (exact) mass is 246 g/mol. The van der Waals surface area contributed by atoms with Crippen LogP contribution in [-0.2, 0) is 6.42 Å². The third kappa shape index (κ3) is 3.33. The Morgan fingerprint density at radius 1 is 1.22 bits per heavy atom. The van der Waals surface area contributed by atoms with Crippen LogP contribution in [0.3, 0.4) is 0 Å². The maximum Gasteiger partial charge on any atom is 0.0319 e. The van der Waals surface area contributed by atoms with Crippen molar-refractivity contribution in [3.63, 3.8) is 0 Å². The lowest BCUT2D eigenvalue weighted by Gasteiger charge is -2.35. The highest BCUT2D eigenvalue weighted by atomic mass is 15.2. The summed E-state index contributed by atoms with van der Waals surface area (Å²) in [5.74, 6) is 0. The van der Waals surface area contributed by atoms with Crippen LogP contribution in [0.15, 0.2) is 24.3 Å². The summed E-state index contributed by atoms with van der Waals surface area (Å²) in [4.78, 5) is 2.55. The normalized spacial score (nSPS) is 19.9. The van der Waals surface area contributed by atoms with Crippen molar-refractivity contribution < 1.29 is 0 Å². The Labute approximate surface area is 111 Å². The maximum absolute atomic E-state index is 5.96. The fourth-order valence-corrected chi connectivity index (χ4v) is 2.77. The highest BCUT2D eigenvalue weighted by molar-refractivity contribution is 5.25. The lowest BCUT2D eigenvalue weighted by molar-refractivity contribution is 0.163. The van der Waals surface area contributed by atoms with E-state index in [1.165, 1.54) is 24.0 Å². The summed E-state index contributed by atoms with van der Waals surface area (Å²) >= 11 is 0. The van der Waals surface area contributed by atoms with Crippen molar-refractivity contribution >= 4 is 0 Å². The Bertz CT molecular complexity index is 350. The second-order valence-corrected chi connectivity index (χ2v) is 5.54. The van der Waals surface area contributed by atoms with Gasteiger partial charge in [-0.15, -0.1) is 0 Å².